The molecule has 214 valence electrons. The van der Waals surface area contributed by atoms with E-state index in [9.17, 15) is 9.59 Å². The summed E-state index contributed by atoms with van der Waals surface area (Å²) in [6.45, 7) is 16.6. The van der Waals surface area contributed by atoms with Crippen molar-refractivity contribution >= 4 is 12.2 Å². The summed E-state index contributed by atoms with van der Waals surface area (Å²) in [5.41, 5.74) is 3.54. The largest absolute Gasteiger partial charge is 0.444 e. The van der Waals surface area contributed by atoms with E-state index in [2.05, 4.69) is 46.4 Å². The van der Waals surface area contributed by atoms with Gasteiger partial charge in [-0.15, -0.1) is 0 Å². The highest BCUT2D eigenvalue weighted by Crippen LogP contribution is 2.26. The number of benzene rings is 1. The molecule has 39 heavy (non-hydrogen) atoms. The Balaban J connectivity index is 1.71. The number of aromatic nitrogens is 1. The Morgan fingerprint density at radius 2 is 1.72 bits per heavy atom. The number of alkyl carbamates (subject to hydrolysis) is 1. The first-order valence-electron chi connectivity index (χ1n) is 14.0. The van der Waals surface area contributed by atoms with Gasteiger partial charge in [0.05, 0.1) is 11.7 Å². The van der Waals surface area contributed by atoms with Gasteiger partial charge in [0.1, 0.15) is 11.2 Å². The number of nitrogens with one attached hydrogen (secondary N) is 1. The lowest BCUT2D eigenvalue weighted by atomic mass is 9.94. The maximum absolute atomic E-state index is 13.3. The fourth-order valence-corrected chi connectivity index (χ4v) is 4.70. The topological polar surface area (TPSA) is 84.0 Å². The molecular weight excluding hydrogens is 492 g/mol. The van der Waals surface area contributed by atoms with E-state index >= 15 is 0 Å². The van der Waals surface area contributed by atoms with Gasteiger partial charge in [-0.3, -0.25) is 14.8 Å². The van der Waals surface area contributed by atoms with Crippen LogP contribution in [-0.2, 0) is 29.0 Å². The van der Waals surface area contributed by atoms with E-state index in [0.717, 1.165) is 31.5 Å². The van der Waals surface area contributed by atoms with E-state index in [0.29, 0.717) is 26.2 Å². The second-order valence-corrected chi connectivity index (χ2v) is 12.4. The molecule has 1 aliphatic rings. The van der Waals surface area contributed by atoms with Gasteiger partial charge in [0.2, 0.25) is 0 Å². The second-order valence-electron chi connectivity index (χ2n) is 12.4. The summed E-state index contributed by atoms with van der Waals surface area (Å²) >= 11 is 0. The molecule has 0 spiro atoms. The molecule has 0 unspecified atom stereocenters. The zero-order valence-electron chi connectivity index (χ0n) is 24.8. The van der Waals surface area contributed by atoms with Crippen molar-refractivity contribution in [2.75, 3.05) is 19.6 Å². The van der Waals surface area contributed by atoms with Crippen molar-refractivity contribution in [2.24, 2.45) is 0 Å². The van der Waals surface area contributed by atoms with Crippen LogP contribution in [0.15, 0.2) is 42.6 Å². The number of carbonyl (C=O) groups excluding carboxylic acids is 2. The highest BCUT2D eigenvalue weighted by Gasteiger charge is 2.34. The number of hydrogen-bond acceptors (Lipinski definition) is 6. The van der Waals surface area contributed by atoms with Crippen LogP contribution < -0.4 is 5.32 Å². The number of pyridine rings is 1. The number of unbranched alkanes of at least 4 members (excludes halogenated alkanes) is 1. The minimum absolute atomic E-state index is 0.0283. The van der Waals surface area contributed by atoms with Crippen molar-refractivity contribution in [1.82, 2.24) is 20.1 Å². The molecule has 0 saturated carbocycles. The second kappa shape index (κ2) is 13.3. The van der Waals surface area contributed by atoms with Crippen LogP contribution >= 0.6 is 0 Å². The number of carbonyl (C=O) groups is 2. The Morgan fingerprint density at radius 1 is 1.03 bits per heavy atom. The van der Waals surface area contributed by atoms with Crippen molar-refractivity contribution in [1.29, 1.82) is 0 Å². The molecule has 2 aromatic rings. The van der Waals surface area contributed by atoms with Gasteiger partial charge in [-0.05, 0) is 103 Å². The van der Waals surface area contributed by atoms with Crippen LogP contribution in [0.2, 0.25) is 0 Å². The molecule has 0 saturated heterocycles. The van der Waals surface area contributed by atoms with Crippen LogP contribution in [0.5, 0.6) is 0 Å². The van der Waals surface area contributed by atoms with E-state index < -0.39 is 17.3 Å². The standard InChI is InChI=1S/C31H46N4O4/c1-23-14-16-32-26(18-23)21-34(17-11-10-15-33-28(36)38-30(2,3)4)22-27-19-24-12-8-9-13-25(24)20-35(27)29(37)39-31(5,6)7/h8-9,12-14,16,18,27H,10-11,15,17,19-22H2,1-7H3,(H,33,36)/t27-/m1/s1. The number of ether oxygens (including phenoxy) is 2. The minimum atomic E-state index is -0.565. The van der Waals surface area contributed by atoms with Gasteiger partial charge >= 0.3 is 12.2 Å². The van der Waals surface area contributed by atoms with Gasteiger partial charge in [0.15, 0.2) is 0 Å². The number of hydrogen-bond donors (Lipinski definition) is 1. The Labute approximate surface area is 234 Å². The van der Waals surface area contributed by atoms with Crippen LogP contribution in [0.3, 0.4) is 0 Å². The number of aryl methyl sites for hydroxylation is 1. The molecule has 0 bridgehead atoms. The molecule has 1 N–H and O–H groups in total. The molecule has 1 aliphatic heterocycles. The van der Waals surface area contributed by atoms with E-state index in [1.807, 2.05) is 64.8 Å². The van der Waals surface area contributed by atoms with Crippen molar-refractivity contribution in [3.63, 3.8) is 0 Å². The summed E-state index contributed by atoms with van der Waals surface area (Å²) in [6, 6.07) is 12.4. The van der Waals surface area contributed by atoms with Crippen LogP contribution in [0.25, 0.3) is 0 Å². The maximum Gasteiger partial charge on any atom is 0.410 e. The molecule has 2 amide bonds. The summed E-state index contributed by atoms with van der Waals surface area (Å²) in [7, 11) is 0. The molecule has 8 heteroatoms. The van der Waals surface area contributed by atoms with Crippen molar-refractivity contribution in [3.8, 4) is 0 Å². The predicted molar refractivity (Wildman–Crippen MR) is 153 cm³/mol. The Morgan fingerprint density at radius 3 is 2.38 bits per heavy atom. The normalized spacial score (nSPS) is 15.6. The molecule has 0 aliphatic carbocycles. The van der Waals surface area contributed by atoms with Gasteiger partial charge in [0.25, 0.3) is 0 Å². The fraction of sp³-hybridized carbons (Fsp3) is 0.581. The third-order valence-electron chi connectivity index (χ3n) is 6.38. The fourth-order valence-electron chi connectivity index (χ4n) is 4.70. The third-order valence-corrected chi connectivity index (χ3v) is 6.38. The van der Waals surface area contributed by atoms with Gasteiger partial charge in [-0.25, -0.2) is 9.59 Å². The number of fused-ring (bicyclic) bond motifs is 1. The molecule has 1 atom stereocenters. The summed E-state index contributed by atoms with van der Waals surface area (Å²) in [6.07, 6.45) is 3.65. The lowest BCUT2D eigenvalue weighted by Gasteiger charge is -2.40. The average Bonchev–Trinajstić information content (AvgIpc) is 2.81. The van der Waals surface area contributed by atoms with E-state index in [1.54, 1.807) is 0 Å². The molecule has 8 nitrogen and oxygen atoms in total. The molecule has 1 aromatic carbocycles. The Kier molecular flexibility index (Phi) is 10.4. The van der Waals surface area contributed by atoms with E-state index in [-0.39, 0.29) is 12.1 Å². The summed E-state index contributed by atoms with van der Waals surface area (Å²) < 4.78 is 11.1. The van der Waals surface area contributed by atoms with Crippen LogP contribution in [0, 0.1) is 6.92 Å². The Bertz CT molecular complexity index is 1110. The van der Waals surface area contributed by atoms with E-state index in [4.69, 9.17) is 9.47 Å². The van der Waals surface area contributed by atoms with Crippen molar-refractivity contribution < 1.29 is 19.1 Å². The van der Waals surface area contributed by atoms with Crippen LogP contribution in [0.4, 0.5) is 9.59 Å². The summed E-state index contributed by atoms with van der Waals surface area (Å²) in [5.74, 6) is 0. The molecule has 1 aromatic heterocycles. The van der Waals surface area contributed by atoms with E-state index in [1.165, 1.54) is 16.7 Å². The molecular formula is C31H46N4O4. The van der Waals surface area contributed by atoms with Gasteiger partial charge < -0.3 is 14.8 Å². The average molecular weight is 539 g/mol. The van der Waals surface area contributed by atoms with Crippen LogP contribution in [0.1, 0.15) is 76.8 Å². The number of rotatable bonds is 9. The monoisotopic (exact) mass is 538 g/mol. The molecule has 2 heterocycles. The Hall–Kier alpha value is -3.13. The van der Waals surface area contributed by atoms with Crippen LogP contribution in [-0.4, -0.2) is 63.8 Å². The summed E-state index contributed by atoms with van der Waals surface area (Å²) in [5, 5.41) is 2.84. The highest BCUT2D eigenvalue weighted by atomic mass is 16.6. The number of nitrogens with zero attached hydrogens (tertiary/aromatic N) is 3. The SMILES string of the molecule is Cc1ccnc(CN(CCCCNC(=O)OC(C)(C)C)C[C@H]2Cc3ccccc3CN2C(=O)OC(C)(C)C)c1. The van der Waals surface area contributed by atoms with Gasteiger partial charge in [-0.2, -0.15) is 0 Å². The molecule has 3 rings (SSSR count). The van der Waals surface area contributed by atoms with Crippen molar-refractivity contribution in [2.45, 2.75) is 98.1 Å². The predicted octanol–water partition coefficient (Wildman–Crippen LogP) is 5.86. The minimum Gasteiger partial charge on any atom is -0.444 e. The molecule has 0 fully saturated rings. The lowest BCUT2D eigenvalue weighted by molar-refractivity contribution is 0.00708. The first-order valence-corrected chi connectivity index (χ1v) is 14.0. The summed E-state index contributed by atoms with van der Waals surface area (Å²) in [4.78, 5) is 34.1. The zero-order valence-corrected chi connectivity index (χ0v) is 24.8. The number of amides is 2. The maximum atomic E-state index is 13.3. The zero-order chi connectivity index (χ0) is 28.6. The lowest BCUT2D eigenvalue weighted by Crippen LogP contribution is -2.51. The van der Waals surface area contributed by atoms with Crippen molar-refractivity contribution in [3.05, 3.63) is 65.0 Å². The third kappa shape index (κ3) is 10.5. The van der Waals surface area contributed by atoms with Gasteiger partial charge in [-0.1, -0.05) is 24.3 Å². The first-order chi connectivity index (χ1) is 18.3. The first kappa shape index (κ1) is 30.4. The molecule has 0 radical (unpaired) electrons. The van der Waals surface area contributed by atoms with Gasteiger partial charge in [0, 0.05) is 32.4 Å². The highest BCUT2D eigenvalue weighted by molar-refractivity contribution is 5.69. The smallest absolute Gasteiger partial charge is 0.410 e. The quantitative estimate of drug-likeness (QED) is 0.403.